The number of thioether (sulfide) groups is 1. The lowest BCUT2D eigenvalue weighted by Gasteiger charge is -2.28. The molecule has 0 radical (unpaired) electrons. The van der Waals surface area contributed by atoms with Crippen molar-refractivity contribution in [2.45, 2.75) is 37.1 Å². The van der Waals surface area contributed by atoms with E-state index < -0.39 is 0 Å². The standard InChI is InChI=1S/C14H23NOS/c1-3-15-14(2,12-16)10-7-11-17-13-8-5-4-6-9-13/h4-6,8-9,15-16H,3,7,10-12H2,1-2H3. The maximum absolute atomic E-state index is 9.36. The molecule has 2 nitrogen and oxygen atoms in total. The first kappa shape index (κ1) is 14.6. The third kappa shape index (κ3) is 5.57. The molecule has 0 saturated heterocycles. The van der Waals surface area contributed by atoms with Crippen molar-refractivity contribution < 1.29 is 5.11 Å². The highest BCUT2D eigenvalue weighted by Gasteiger charge is 2.20. The molecule has 0 saturated carbocycles. The fourth-order valence-electron chi connectivity index (χ4n) is 1.82. The van der Waals surface area contributed by atoms with E-state index in [0.29, 0.717) is 0 Å². The molecule has 0 bridgehead atoms. The Morgan fingerprint density at radius 2 is 2.00 bits per heavy atom. The summed E-state index contributed by atoms with van der Waals surface area (Å²) in [6.07, 6.45) is 2.13. The van der Waals surface area contributed by atoms with Crippen molar-refractivity contribution in [1.82, 2.24) is 5.32 Å². The van der Waals surface area contributed by atoms with E-state index in [1.54, 1.807) is 0 Å². The lowest BCUT2D eigenvalue weighted by Crippen LogP contribution is -2.45. The molecule has 0 amide bonds. The minimum atomic E-state index is -0.119. The maximum Gasteiger partial charge on any atom is 0.0610 e. The van der Waals surface area contributed by atoms with E-state index in [4.69, 9.17) is 0 Å². The Bertz CT molecular complexity index is 304. The molecule has 1 aromatic carbocycles. The number of nitrogens with one attached hydrogen (secondary N) is 1. The SMILES string of the molecule is CCNC(C)(CO)CCCSc1ccccc1. The molecule has 17 heavy (non-hydrogen) atoms. The van der Waals surface area contributed by atoms with Crippen LogP contribution in [-0.4, -0.2) is 29.5 Å². The van der Waals surface area contributed by atoms with Crippen LogP contribution in [0.4, 0.5) is 0 Å². The van der Waals surface area contributed by atoms with E-state index >= 15 is 0 Å². The minimum Gasteiger partial charge on any atom is -0.394 e. The smallest absolute Gasteiger partial charge is 0.0610 e. The number of aliphatic hydroxyl groups is 1. The molecule has 96 valence electrons. The first-order valence-corrected chi connectivity index (χ1v) is 7.22. The lowest BCUT2D eigenvalue weighted by molar-refractivity contribution is 0.167. The largest absolute Gasteiger partial charge is 0.394 e. The lowest BCUT2D eigenvalue weighted by atomic mass is 9.97. The van der Waals surface area contributed by atoms with Crippen LogP contribution in [0.25, 0.3) is 0 Å². The first-order valence-electron chi connectivity index (χ1n) is 6.24. The third-order valence-corrected chi connectivity index (χ3v) is 3.94. The zero-order chi connectivity index (χ0) is 12.6. The molecule has 3 heteroatoms. The number of aliphatic hydroxyl groups excluding tert-OH is 1. The topological polar surface area (TPSA) is 32.3 Å². The van der Waals surface area contributed by atoms with Crippen molar-refractivity contribution in [3.05, 3.63) is 30.3 Å². The van der Waals surface area contributed by atoms with E-state index in [1.807, 2.05) is 17.8 Å². The van der Waals surface area contributed by atoms with Gasteiger partial charge in [0.05, 0.1) is 6.61 Å². The Hall–Kier alpha value is -0.510. The second kappa shape index (κ2) is 7.75. The number of benzene rings is 1. The zero-order valence-corrected chi connectivity index (χ0v) is 11.6. The summed E-state index contributed by atoms with van der Waals surface area (Å²) in [5, 5.41) is 12.7. The Kier molecular flexibility index (Phi) is 6.63. The summed E-state index contributed by atoms with van der Waals surface area (Å²) < 4.78 is 0. The summed E-state index contributed by atoms with van der Waals surface area (Å²) >= 11 is 1.88. The molecule has 0 aliphatic rings. The molecule has 1 rings (SSSR count). The van der Waals surface area contributed by atoms with Gasteiger partial charge in [0.25, 0.3) is 0 Å². The van der Waals surface area contributed by atoms with Crippen molar-refractivity contribution in [3.8, 4) is 0 Å². The van der Waals surface area contributed by atoms with Crippen LogP contribution in [0.5, 0.6) is 0 Å². The molecule has 1 unspecified atom stereocenters. The fraction of sp³-hybridized carbons (Fsp3) is 0.571. The van der Waals surface area contributed by atoms with Crippen LogP contribution in [0.3, 0.4) is 0 Å². The van der Waals surface area contributed by atoms with Crippen LogP contribution >= 0.6 is 11.8 Å². The van der Waals surface area contributed by atoms with Gasteiger partial charge in [0.1, 0.15) is 0 Å². The van der Waals surface area contributed by atoms with Crippen molar-refractivity contribution in [1.29, 1.82) is 0 Å². The highest BCUT2D eigenvalue weighted by molar-refractivity contribution is 7.99. The molecule has 2 N–H and O–H groups in total. The molecule has 0 spiro atoms. The predicted octanol–water partition coefficient (Wildman–Crippen LogP) is 2.92. The van der Waals surface area contributed by atoms with Gasteiger partial charge in [-0.05, 0) is 44.2 Å². The summed E-state index contributed by atoms with van der Waals surface area (Å²) in [7, 11) is 0. The van der Waals surface area contributed by atoms with Gasteiger partial charge in [0, 0.05) is 10.4 Å². The zero-order valence-electron chi connectivity index (χ0n) is 10.8. The summed E-state index contributed by atoms with van der Waals surface area (Å²) in [6.45, 7) is 5.27. The first-order chi connectivity index (χ1) is 8.20. The summed E-state index contributed by atoms with van der Waals surface area (Å²) in [5.74, 6) is 1.10. The molecule has 0 aliphatic heterocycles. The van der Waals surface area contributed by atoms with Gasteiger partial charge in [-0.2, -0.15) is 0 Å². The van der Waals surface area contributed by atoms with E-state index in [2.05, 4.69) is 43.4 Å². The second-order valence-corrected chi connectivity index (χ2v) is 5.68. The van der Waals surface area contributed by atoms with Gasteiger partial charge >= 0.3 is 0 Å². The van der Waals surface area contributed by atoms with Gasteiger partial charge in [-0.25, -0.2) is 0 Å². The Balaban J connectivity index is 2.23. The molecule has 0 aliphatic carbocycles. The highest BCUT2D eigenvalue weighted by atomic mass is 32.2. The van der Waals surface area contributed by atoms with E-state index in [9.17, 15) is 5.11 Å². The molecule has 0 aromatic heterocycles. The fourth-order valence-corrected chi connectivity index (χ4v) is 2.69. The van der Waals surface area contributed by atoms with Gasteiger partial charge in [0.2, 0.25) is 0 Å². The van der Waals surface area contributed by atoms with Gasteiger partial charge in [-0.15, -0.1) is 11.8 Å². The highest BCUT2D eigenvalue weighted by Crippen LogP contribution is 2.20. The van der Waals surface area contributed by atoms with E-state index in [0.717, 1.165) is 25.1 Å². The van der Waals surface area contributed by atoms with Crippen LogP contribution < -0.4 is 5.32 Å². The molecule has 1 atom stereocenters. The Labute approximate surface area is 109 Å². The minimum absolute atomic E-state index is 0.119. The number of hydrogen-bond donors (Lipinski definition) is 2. The summed E-state index contributed by atoms with van der Waals surface area (Å²) in [5.41, 5.74) is -0.119. The van der Waals surface area contributed by atoms with Crippen molar-refractivity contribution in [3.63, 3.8) is 0 Å². The third-order valence-electron chi connectivity index (χ3n) is 2.84. The normalized spacial score (nSPS) is 14.5. The average Bonchev–Trinajstić information content (AvgIpc) is 2.36. The van der Waals surface area contributed by atoms with Crippen LogP contribution in [0.2, 0.25) is 0 Å². The number of likely N-dealkylation sites (N-methyl/N-ethyl adjacent to an activating group) is 1. The second-order valence-electron chi connectivity index (χ2n) is 4.51. The maximum atomic E-state index is 9.36. The van der Waals surface area contributed by atoms with E-state index in [-0.39, 0.29) is 12.1 Å². The molecule has 0 fully saturated rings. The Morgan fingerprint density at radius 1 is 1.29 bits per heavy atom. The monoisotopic (exact) mass is 253 g/mol. The van der Waals surface area contributed by atoms with Crippen molar-refractivity contribution >= 4 is 11.8 Å². The van der Waals surface area contributed by atoms with Crippen LogP contribution in [-0.2, 0) is 0 Å². The van der Waals surface area contributed by atoms with Crippen LogP contribution in [0.15, 0.2) is 35.2 Å². The average molecular weight is 253 g/mol. The number of rotatable bonds is 8. The molecular formula is C14H23NOS. The molecule has 1 aromatic rings. The quantitative estimate of drug-likeness (QED) is 0.552. The number of hydrogen-bond acceptors (Lipinski definition) is 3. The van der Waals surface area contributed by atoms with Crippen molar-refractivity contribution in [2.75, 3.05) is 18.9 Å². The van der Waals surface area contributed by atoms with Gasteiger partial charge in [-0.3, -0.25) is 0 Å². The van der Waals surface area contributed by atoms with E-state index in [1.165, 1.54) is 4.90 Å². The van der Waals surface area contributed by atoms with Crippen molar-refractivity contribution in [2.24, 2.45) is 0 Å². The molecular weight excluding hydrogens is 230 g/mol. The van der Waals surface area contributed by atoms with Gasteiger partial charge in [0.15, 0.2) is 0 Å². The van der Waals surface area contributed by atoms with Gasteiger partial charge < -0.3 is 10.4 Å². The predicted molar refractivity (Wildman–Crippen MR) is 75.6 cm³/mol. The summed E-state index contributed by atoms with van der Waals surface area (Å²) in [6, 6.07) is 10.5. The summed E-state index contributed by atoms with van der Waals surface area (Å²) in [4.78, 5) is 1.32. The van der Waals surface area contributed by atoms with Crippen LogP contribution in [0.1, 0.15) is 26.7 Å². The molecule has 0 heterocycles. The Morgan fingerprint density at radius 3 is 2.59 bits per heavy atom. The van der Waals surface area contributed by atoms with Crippen LogP contribution in [0, 0.1) is 0 Å². The van der Waals surface area contributed by atoms with Gasteiger partial charge in [-0.1, -0.05) is 25.1 Å².